The lowest BCUT2D eigenvalue weighted by molar-refractivity contribution is -0.139. The Morgan fingerprint density at radius 3 is 2.71 bits per heavy atom. The molecule has 0 radical (unpaired) electrons. The number of carbonyl (C=O) groups is 1. The Morgan fingerprint density at radius 2 is 2.18 bits per heavy atom. The fourth-order valence-electron chi connectivity index (χ4n) is 0.846. The first-order valence-electron chi connectivity index (χ1n) is 4.44. The fourth-order valence-corrected chi connectivity index (χ4v) is 1.08. The van der Waals surface area contributed by atoms with Gasteiger partial charge in [0, 0.05) is 0 Å². The van der Waals surface area contributed by atoms with E-state index in [4.69, 9.17) is 4.74 Å². The van der Waals surface area contributed by atoms with Gasteiger partial charge < -0.3 is 10.1 Å². The maximum atomic E-state index is 11.8. The average Bonchev–Trinajstić information content (AvgIpc) is 2.25. The van der Waals surface area contributed by atoms with E-state index in [1.807, 2.05) is 0 Å². The Kier molecular flexibility index (Phi) is 4.73. The molecule has 0 spiro atoms. The van der Waals surface area contributed by atoms with Gasteiger partial charge in [-0.25, -0.2) is 4.98 Å². The van der Waals surface area contributed by atoms with Crippen LogP contribution in [0.3, 0.4) is 0 Å². The fraction of sp³-hybridized carbons (Fsp3) is 0.333. The molecule has 0 aromatic carbocycles. The zero-order valence-corrected chi connectivity index (χ0v) is 10.0. The molecule has 0 fully saturated rings. The smallest absolute Gasteiger partial charge is 0.405 e. The molecular formula is C9H8BrF3N2O2. The zero-order chi connectivity index (χ0) is 12.9. The van der Waals surface area contributed by atoms with Gasteiger partial charge in [-0.3, -0.25) is 4.79 Å². The minimum absolute atomic E-state index is 0.301. The van der Waals surface area contributed by atoms with Gasteiger partial charge in [-0.15, -0.1) is 0 Å². The van der Waals surface area contributed by atoms with Gasteiger partial charge in [0.15, 0.2) is 6.61 Å². The van der Waals surface area contributed by atoms with Crippen molar-refractivity contribution in [1.29, 1.82) is 0 Å². The molecule has 8 heteroatoms. The molecular weight excluding hydrogens is 305 g/mol. The molecule has 0 aliphatic rings. The monoisotopic (exact) mass is 312 g/mol. The molecule has 4 nitrogen and oxygen atoms in total. The summed E-state index contributed by atoms with van der Waals surface area (Å²) in [5.74, 6) is -0.541. The van der Waals surface area contributed by atoms with Crippen molar-refractivity contribution in [2.75, 3.05) is 13.2 Å². The molecule has 17 heavy (non-hydrogen) atoms. The Balaban J connectivity index is 2.31. The summed E-state index contributed by atoms with van der Waals surface area (Å²) < 4.78 is 40.8. The van der Waals surface area contributed by atoms with Gasteiger partial charge in [0.2, 0.25) is 0 Å². The van der Waals surface area contributed by atoms with E-state index in [0.29, 0.717) is 10.4 Å². The van der Waals surface area contributed by atoms with Gasteiger partial charge in [-0.05, 0) is 28.1 Å². The van der Waals surface area contributed by atoms with Crippen LogP contribution in [0.4, 0.5) is 13.2 Å². The van der Waals surface area contributed by atoms with E-state index in [1.165, 1.54) is 12.3 Å². The topological polar surface area (TPSA) is 51.2 Å². The first kappa shape index (κ1) is 13.8. The molecule has 1 N–H and O–H groups in total. The molecule has 0 aliphatic heterocycles. The lowest BCUT2D eigenvalue weighted by Crippen LogP contribution is -2.36. The molecule has 0 atom stereocenters. The number of alkyl halides is 3. The number of halogens is 4. The van der Waals surface area contributed by atoms with E-state index in [9.17, 15) is 18.0 Å². The van der Waals surface area contributed by atoms with Crippen LogP contribution in [0.5, 0.6) is 5.75 Å². The number of aromatic nitrogens is 1. The third-order valence-electron chi connectivity index (χ3n) is 1.56. The van der Waals surface area contributed by atoms with E-state index in [-0.39, 0.29) is 0 Å². The molecule has 0 aliphatic carbocycles. The Morgan fingerprint density at radius 1 is 1.47 bits per heavy atom. The van der Waals surface area contributed by atoms with Crippen molar-refractivity contribution in [1.82, 2.24) is 10.3 Å². The minimum Gasteiger partial charge on any atom is -0.482 e. The number of nitrogens with one attached hydrogen (secondary N) is 1. The summed E-state index contributed by atoms with van der Waals surface area (Å²) in [5, 5.41) is 1.69. The van der Waals surface area contributed by atoms with Crippen LogP contribution in [0.15, 0.2) is 22.9 Å². The zero-order valence-electron chi connectivity index (χ0n) is 8.42. The van der Waals surface area contributed by atoms with E-state index in [1.54, 1.807) is 11.4 Å². The van der Waals surface area contributed by atoms with Crippen molar-refractivity contribution in [3.63, 3.8) is 0 Å². The predicted molar refractivity (Wildman–Crippen MR) is 56.5 cm³/mol. The standard InChI is InChI=1S/C9H8BrF3N2O2/c10-7-2-1-6(3-14-7)17-4-8(16)15-5-9(11,12)13/h1-3H,4-5H2,(H,15,16). The minimum atomic E-state index is -4.42. The second kappa shape index (κ2) is 5.85. The SMILES string of the molecule is O=C(COc1ccc(Br)nc1)NCC(F)(F)F. The molecule has 1 heterocycles. The summed E-state index contributed by atoms with van der Waals surface area (Å²) in [4.78, 5) is 14.8. The summed E-state index contributed by atoms with van der Waals surface area (Å²) in [6.45, 7) is -1.85. The van der Waals surface area contributed by atoms with Crippen LogP contribution in [-0.2, 0) is 4.79 Å². The molecule has 1 aromatic rings. The molecule has 0 unspecified atom stereocenters. The van der Waals surface area contributed by atoms with E-state index in [2.05, 4.69) is 20.9 Å². The van der Waals surface area contributed by atoms with Gasteiger partial charge in [0.25, 0.3) is 5.91 Å². The van der Waals surface area contributed by atoms with E-state index < -0.39 is 25.2 Å². The quantitative estimate of drug-likeness (QED) is 0.864. The summed E-state index contributed by atoms with van der Waals surface area (Å²) in [7, 11) is 0. The Labute approximate surface area is 103 Å². The van der Waals surface area contributed by atoms with Crippen LogP contribution in [0.25, 0.3) is 0 Å². The van der Waals surface area contributed by atoms with Gasteiger partial charge in [0.05, 0.1) is 6.20 Å². The summed E-state index contributed by atoms with van der Waals surface area (Å²) in [6.07, 6.45) is -3.07. The maximum Gasteiger partial charge on any atom is 0.405 e. The first-order chi connectivity index (χ1) is 7.87. The van der Waals surface area contributed by atoms with Gasteiger partial charge >= 0.3 is 6.18 Å². The second-order valence-corrected chi connectivity index (χ2v) is 3.81. The summed E-state index contributed by atoms with van der Waals surface area (Å²) in [5.41, 5.74) is 0. The Hall–Kier alpha value is -1.31. The van der Waals surface area contributed by atoms with Gasteiger partial charge in [-0.2, -0.15) is 13.2 Å². The lowest BCUT2D eigenvalue weighted by atomic mass is 10.4. The second-order valence-electron chi connectivity index (χ2n) is 3.00. The van der Waals surface area contributed by atoms with Crippen LogP contribution in [-0.4, -0.2) is 30.2 Å². The van der Waals surface area contributed by atoms with Crippen molar-refractivity contribution in [2.24, 2.45) is 0 Å². The van der Waals surface area contributed by atoms with Crippen molar-refractivity contribution in [3.8, 4) is 5.75 Å². The van der Waals surface area contributed by atoms with Crippen LogP contribution in [0, 0.1) is 0 Å². The molecule has 1 rings (SSSR count). The number of ether oxygens (including phenoxy) is 1. The number of carbonyl (C=O) groups excluding carboxylic acids is 1. The van der Waals surface area contributed by atoms with Crippen molar-refractivity contribution in [2.45, 2.75) is 6.18 Å². The number of amides is 1. The normalized spacial score (nSPS) is 11.1. The lowest BCUT2D eigenvalue weighted by Gasteiger charge is -2.09. The molecule has 0 saturated heterocycles. The highest BCUT2D eigenvalue weighted by Crippen LogP contribution is 2.13. The predicted octanol–water partition coefficient (Wildman–Crippen LogP) is 1.90. The number of hydrogen-bond donors (Lipinski definition) is 1. The number of hydrogen-bond acceptors (Lipinski definition) is 3. The molecule has 0 saturated carbocycles. The highest BCUT2D eigenvalue weighted by Gasteiger charge is 2.27. The number of rotatable bonds is 4. The number of nitrogens with zero attached hydrogens (tertiary/aromatic N) is 1. The average molecular weight is 313 g/mol. The summed E-state index contributed by atoms with van der Waals surface area (Å²) >= 11 is 3.10. The maximum absolute atomic E-state index is 11.8. The van der Waals surface area contributed by atoms with Crippen LogP contribution < -0.4 is 10.1 Å². The largest absolute Gasteiger partial charge is 0.482 e. The van der Waals surface area contributed by atoms with Crippen LogP contribution in [0.1, 0.15) is 0 Å². The van der Waals surface area contributed by atoms with E-state index in [0.717, 1.165) is 0 Å². The third kappa shape index (κ3) is 6.10. The van der Waals surface area contributed by atoms with Gasteiger partial charge in [-0.1, -0.05) is 0 Å². The summed E-state index contributed by atoms with van der Waals surface area (Å²) in [6, 6.07) is 3.12. The third-order valence-corrected chi connectivity index (χ3v) is 2.03. The van der Waals surface area contributed by atoms with Crippen molar-refractivity contribution >= 4 is 21.8 Å². The molecule has 0 bridgehead atoms. The molecule has 1 aromatic heterocycles. The van der Waals surface area contributed by atoms with Crippen molar-refractivity contribution < 1.29 is 22.7 Å². The van der Waals surface area contributed by atoms with Crippen LogP contribution >= 0.6 is 15.9 Å². The van der Waals surface area contributed by atoms with E-state index >= 15 is 0 Å². The van der Waals surface area contributed by atoms with Crippen LogP contribution in [0.2, 0.25) is 0 Å². The number of pyridine rings is 1. The highest BCUT2D eigenvalue weighted by molar-refractivity contribution is 9.10. The molecule has 1 amide bonds. The van der Waals surface area contributed by atoms with Gasteiger partial charge in [0.1, 0.15) is 16.9 Å². The highest BCUT2D eigenvalue weighted by atomic mass is 79.9. The van der Waals surface area contributed by atoms with Crippen molar-refractivity contribution in [3.05, 3.63) is 22.9 Å². The molecule has 94 valence electrons. The Bertz CT molecular complexity index is 381. The first-order valence-corrected chi connectivity index (χ1v) is 5.24.